The first-order valence-electron chi connectivity index (χ1n) is 5.14. The third-order valence-corrected chi connectivity index (χ3v) is 2.73. The summed E-state index contributed by atoms with van der Waals surface area (Å²) in [5.74, 6) is 0. The molecule has 0 radical (unpaired) electrons. The number of aryl methyl sites for hydroxylation is 1. The van der Waals surface area contributed by atoms with Crippen molar-refractivity contribution in [1.82, 2.24) is 4.98 Å². The van der Waals surface area contributed by atoms with Gasteiger partial charge in [-0.2, -0.15) is 0 Å². The summed E-state index contributed by atoms with van der Waals surface area (Å²) in [5.41, 5.74) is 3.52. The van der Waals surface area contributed by atoms with Gasteiger partial charge >= 0.3 is 0 Å². The van der Waals surface area contributed by atoms with Crippen LogP contribution in [-0.4, -0.2) is 4.98 Å². The van der Waals surface area contributed by atoms with E-state index in [-0.39, 0.29) is 0 Å². The number of benzene rings is 1. The molecule has 0 amide bonds. The summed E-state index contributed by atoms with van der Waals surface area (Å²) in [6.45, 7) is 2.86. The van der Waals surface area contributed by atoms with Gasteiger partial charge in [-0.05, 0) is 48.4 Å². The number of pyridine rings is 1. The van der Waals surface area contributed by atoms with Crippen molar-refractivity contribution < 1.29 is 0 Å². The quantitative estimate of drug-likeness (QED) is 0.874. The molecule has 2 nitrogen and oxygen atoms in total. The first-order chi connectivity index (χ1) is 7.75. The van der Waals surface area contributed by atoms with Crippen LogP contribution in [0.25, 0.3) is 0 Å². The molecule has 3 heteroatoms. The highest BCUT2D eigenvalue weighted by Crippen LogP contribution is 2.15. The molecule has 0 aliphatic heterocycles. The van der Waals surface area contributed by atoms with Gasteiger partial charge in [-0.15, -0.1) is 0 Å². The number of hydrogen-bond donors (Lipinski definition) is 1. The zero-order valence-electron chi connectivity index (χ0n) is 9.07. The van der Waals surface area contributed by atoms with E-state index >= 15 is 0 Å². The molecule has 1 aromatic heterocycles. The third-order valence-electron chi connectivity index (χ3n) is 2.47. The van der Waals surface area contributed by atoms with Gasteiger partial charge in [0.25, 0.3) is 0 Å². The lowest BCUT2D eigenvalue weighted by Gasteiger charge is -2.08. The van der Waals surface area contributed by atoms with Crippen molar-refractivity contribution in [2.75, 3.05) is 5.32 Å². The lowest BCUT2D eigenvalue weighted by Crippen LogP contribution is -2.01. The maximum Gasteiger partial charge on any atom is 0.0418 e. The molecule has 0 saturated carbocycles. The number of nitrogens with one attached hydrogen (secondary N) is 1. The van der Waals surface area contributed by atoms with Crippen LogP contribution in [0.1, 0.15) is 11.1 Å². The van der Waals surface area contributed by atoms with Crippen molar-refractivity contribution in [2.45, 2.75) is 13.5 Å². The highest BCUT2D eigenvalue weighted by molar-refractivity contribution is 6.30. The van der Waals surface area contributed by atoms with Gasteiger partial charge in [0, 0.05) is 29.6 Å². The van der Waals surface area contributed by atoms with Crippen LogP contribution in [0.5, 0.6) is 0 Å². The highest BCUT2D eigenvalue weighted by Gasteiger charge is 1.97. The van der Waals surface area contributed by atoms with Gasteiger partial charge in [0.2, 0.25) is 0 Å². The molecule has 0 bridgehead atoms. The lowest BCUT2D eigenvalue weighted by molar-refractivity contribution is 1.08. The molecule has 2 aromatic rings. The molecule has 1 N–H and O–H groups in total. The second kappa shape index (κ2) is 4.99. The predicted octanol–water partition coefficient (Wildman–Crippen LogP) is 3.66. The van der Waals surface area contributed by atoms with Crippen molar-refractivity contribution >= 4 is 17.3 Å². The molecule has 1 heterocycles. The monoisotopic (exact) mass is 232 g/mol. The summed E-state index contributed by atoms with van der Waals surface area (Å²) in [6.07, 6.45) is 3.69. The van der Waals surface area contributed by atoms with Crippen LogP contribution in [0.4, 0.5) is 5.69 Å². The molecule has 0 aliphatic carbocycles. The van der Waals surface area contributed by atoms with Gasteiger partial charge in [0.15, 0.2) is 0 Å². The zero-order valence-corrected chi connectivity index (χ0v) is 9.83. The van der Waals surface area contributed by atoms with E-state index in [9.17, 15) is 0 Å². The lowest BCUT2D eigenvalue weighted by atomic mass is 10.1. The first kappa shape index (κ1) is 11.0. The average Bonchev–Trinajstić information content (AvgIpc) is 2.30. The number of aromatic nitrogens is 1. The third kappa shape index (κ3) is 2.74. The standard InChI is InChI=1S/C13H13ClN2/c1-10-6-7-15-8-11(10)9-16-13-4-2-12(14)3-5-13/h2-8,16H,9H2,1H3. The minimum absolute atomic E-state index is 0.753. The molecule has 0 aliphatic rings. The Morgan fingerprint density at radius 2 is 1.94 bits per heavy atom. The van der Waals surface area contributed by atoms with Crippen molar-refractivity contribution in [3.63, 3.8) is 0 Å². The minimum atomic E-state index is 0.753. The SMILES string of the molecule is Cc1ccncc1CNc1ccc(Cl)cc1. The van der Waals surface area contributed by atoms with E-state index in [2.05, 4.69) is 17.2 Å². The Morgan fingerprint density at radius 1 is 1.19 bits per heavy atom. The fraction of sp³-hybridized carbons (Fsp3) is 0.154. The number of rotatable bonds is 3. The van der Waals surface area contributed by atoms with Crippen LogP contribution in [-0.2, 0) is 6.54 Å². The van der Waals surface area contributed by atoms with E-state index in [4.69, 9.17) is 11.6 Å². The van der Waals surface area contributed by atoms with Crippen molar-refractivity contribution in [2.24, 2.45) is 0 Å². The van der Waals surface area contributed by atoms with E-state index < -0.39 is 0 Å². The highest BCUT2D eigenvalue weighted by atomic mass is 35.5. The maximum atomic E-state index is 5.82. The van der Waals surface area contributed by atoms with Gasteiger partial charge in [-0.3, -0.25) is 4.98 Å². The zero-order chi connectivity index (χ0) is 11.4. The summed E-state index contributed by atoms with van der Waals surface area (Å²) < 4.78 is 0. The van der Waals surface area contributed by atoms with Gasteiger partial charge in [0.05, 0.1) is 0 Å². The number of hydrogen-bond acceptors (Lipinski definition) is 2. The topological polar surface area (TPSA) is 24.9 Å². The van der Waals surface area contributed by atoms with Crippen LogP contribution >= 0.6 is 11.6 Å². The molecule has 2 rings (SSSR count). The Kier molecular flexibility index (Phi) is 3.42. The van der Waals surface area contributed by atoms with Gasteiger partial charge in [-0.25, -0.2) is 0 Å². The van der Waals surface area contributed by atoms with E-state index in [0.29, 0.717) is 0 Å². The molecule has 0 fully saturated rings. The largest absolute Gasteiger partial charge is 0.381 e. The van der Waals surface area contributed by atoms with E-state index in [0.717, 1.165) is 17.3 Å². The van der Waals surface area contributed by atoms with Crippen molar-refractivity contribution in [1.29, 1.82) is 0 Å². The molecule has 1 aromatic carbocycles. The fourth-order valence-corrected chi connectivity index (χ4v) is 1.57. The second-order valence-electron chi connectivity index (χ2n) is 3.66. The van der Waals surface area contributed by atoms with Gasteiger partial charge in [-0.1, -0.05) is 11.6 Å². The summed E-state index contributed by atoms with van der Waals surface area (Å²) in [5, 5.41) is 4.08. The fourth-order valence-electron chi connectivity index (χ4n) is 1.45. The Hall–Kier alpha value is -1.54. The van der Waals surface area contributed by atoms with Crippen LogP contribution in [0.3, 0.4) is 0 Å². The van der Waals surface area contributed by atoms with E-state index in [1.165, 1.54) is 11.1 Å². The normalized spacial score (nSPS) is 10.1. The molecule has 0 unspecified atom stereocenters. The molecule has 0 atom stereocenters. The second-order valence-corrected chi connectivity index (χ2v) is 4.10. The summed E-state index contributed by atoms with van der Waals surface area (Å²) >= 11 is 5.82. The van der Waals surface area contributed by atoms with Crippen LogP contribution in [0.2, 0.25) is 5.02 Å². The van der Waals surface area contributed by atoms with Crippen LogP contribution in [0.15, 0.2) is 42.7 Å². The first-order valence-corrected chi connectivity index (χ1v) is 5.52. The predicted molar refractivity (Wildman–Crippen MR) is 67.8 cm³/mol. The van der Waals surface area contributed by atoms with Crippen molar-refractivity contribution in [3.8, 4) is 0 Å². The maximum absolute atomic E-state index is 5.82. The summed E-state index contributed by atoms with van der Waals surface area (Å²) in [6, 6.07) is 9.70. The summed E-state index contributed by atoms with van der Waals surface area (Å²) in [4.78, 5) is 4.11. The van der Waals surface area contributed by atoms with Crippen molar-refractivity contribution in [3.05, 3.63) is 58.9 Å². The number of nitrogens with zero attached hydrogens (tertiary/aromatic N) is 1. The van der Waals surface area contributed by atoms with E-state index in [1.807, 2.05) is 36.5 Å². The Morgan fingerprint density at radius 3 is 2.62 bits per heavy atom. The molecular weight excluding hydrogens is 220 g/mol. The van der Waals surface area contributed by atoms with Gasteiger partial charge < -0.3 is 5.32 Å². The minimum Gasteiger partial charge on any atom is -0.381 e. The van der Waals surface area contributed by atoms with Crippen LogP contribution < -0.4 is 5.32 Å². The Labute approximate surface area is 100 Å². The Bertz CT molecular complexity index is 466. The Balaban J connectivity index is 2.02. The van der Waals surface area contributed by atoms with E-state index in [1.54, 1.807) is 6.20 Å². The summed E-state index contributed by atoms with van der Waals surface area (Å²) in [7, 11) is 0. The molecular formula is C13H13ClN2. The molecule has 16 heavy (non-hydrogen) atoms. The average molecular weight is 233 g/mol. The van der Waals surface area contributed by atoms with Crippen LogP contribution in [0, 0.1) is 6.92 Å². The molecule has 82 valence electrons. The molecule has 0 saturated heterocycles. The number of halogens is 1. The molecule has 0 spiro atoms. The smallest absolute Gasteiger partial charge is 0.0418 e. The van der Waals surface area contributed by atoms with Gasteiger partial charge in [0.1, 0.15) is 0 Å². The number of anilines is 1.